The Balaban J connectivity index is 1.70. The summed E-state index contributed by atoms with van der Waals surface area (Å²) in [4.78, 5) is 4.71. The summed E-state index contributed by atoms with van der Waals surface area (Å²) < 4.78 is 10.5. The first-order valence-corrected chi connectivity index (χ1v) is 9.09. The van der Waals surface area contributed by atoms with E-state index in [-0.39, 0.29) is 18.2 Å². The molecule has 1 aromatic carbocycles. The van der Waals surface area contributed by atoms with E-state index in [2.05, 4.69) is 34.2 Å². The molecule has 142 valence electrons. The van der Waals surface area contributed by atoms with Gasteiger partial charge in [0.15, 0.2) is 0 Å². The number of benzene rings is 1. The van der Waals surface area contributed by atoms with Crippen molar-refractivity contribution in [2.75, 3.05) is 58.4 Å². The number of nitrogens with one attached hydrogen (secondary N) is 1. The number of anilines is 1. The predicted octanol–water partition coefficient (Wildman–Crippen LogP) is 1.19. The number of nitrogens with zero attached hydrogens (tertiary/aromatic N) is 2. The highest BCUT2D eigenvalue weighted by atomic mass is 16.5. The molecule has 1 saturated heterocycles. The molecule has 2 rings (SSSR count). The molecular formula is C19H33N3O3. The monoisotopic (exact) mass is 351 g/mol. The highest BCUT2D eigenvalue weighted by Crippen LogP contribution is 2.20. The average Bonchev–Trinajstić information content (AvgIpc) is 2.66. The third-order valence-electron chi connectivity index (χ3n) is 5.03. The van der Waals surface area contributed by atoms with E-state index in [4.69, 9.17) is 9.47 Å². The third kappa shape index (κ3) is 6.15. The number of methoxy groups -OCH3 is 2. The molecule has 1 unspecified atom stereocenters. The molecule has 1 fully saturated rings. The largest absolute Gasteiger partial charge is 0.497 e. The summed E-state index contributed by atoms with van der Waals surface area (Å²) in [7, 11) is 3.40. The van der Waals surface area contributed by atoms with E-state index in [1.165, 1.54) is 5.69 Å². The van der Waals surface area contributed by atoms with Gasteiger partial charge in [-0.1, -0.05) is 0 Å². The number of β-amino-alcohol motifs (C(OH)–C–C–N with tert-alkyl or cyclic N) is 1. The number of aliphatic hydroxyl groups excluding tert-OH is 1. The van der Waals surface area contributed by atoms with Gasteiger partial charge >= 0.3 is 0 Å². The van der Waals surface area contributed by atoms with Crippen LogP contribution in [0.5, 0.6) is 5.75 Å². The second-order valence-corrected chi connectivity index (χ2v) is 6.78. The van der Waals surface area contributed by atoms with Crippen molar-refractivity contribution < 1.29 is 14.6 Å². The van der Waals surface area contributed by atoms with Gasteiger partial charge < -0.3 is 24.8 Å². The van der Waals surface area contributed by atoms with Crippen LogP contribution in [0.4, 0.5) is 5.69 Å². The van der Waals surface area contributed by atoms with Crippen LogP contribution in [0.2, 0.25) is 0 Å². The standard InChI is InChI=1S/C19H33N3O3/c1-15(16(2)24-3)20-13-18(23)14-21-9-11-22(12-10-21)17-5-7-19(25-4)8-6-17/h5-8,15-16,18,20,23H,9-14H2,1-4H3/t15-,16-,18?/m1/s1. The zero-order valence-electron chi connectivity index (χ0n) is 15.9. The maximum absolute atomic E-state index is 10.3. The lowest BCUT2D eigenvalue weighted by Crippen LogP contribution is -2.50. The smallest absolute Gasteiger partial charge is 0.119 e. The van der Waals surface area contributed by atoms with E-state index in [0.717, 1.165) is 31.9 Å². The van der Waals surface area contributed by atoms with Crippen molar-refractivity contribution in [2.45, 2.75) is 32.1 Å². The first-order valence-electron chi connectivity index (χ1n) is 9.09. The van der Waals surface area contributed by atoms with Crippen LogP contribution in [0.3, 0.4) is 0 Å². The van der Waals surface area contributed by atoms with Crippen LogP contribution >= 0.6 is 0 Å². The van der Waals surface area contributed by atoms with Crippen LogP contribution in [-0.2, 0) is 4.74 Å². The molecule has 3 atom stereocenters. The summed E-state index contributed by atoms with van der Waals surface area (Å²) in [6.07, 6.45) is -0.223. The van der Waals surface area contributed by atoms with Crippen LogP contribution in [0.25, 0.3) is 0 Å². The summed E-state index contributed by atoms with van der Waals surface area (Å²) in [6.45, 7) is 9.29. The topological polar surface area (TPSA) is 57.2 Å². The summed E-state index contributed by atoms with van der Waals surface area (Å²) in [5.41, 5.74) is 1.23. The number of rotatable bonds is 9. The van der Waals surface area contributed by atoms with Crippen molar-refractivity contribution in [3.05, 3.63) is 24.3 Å². The van der Waals surface area contributed by atoms with Crippen LogP contribution in [-0.4, -0.2) is 81.7 Å². The fraction of sp³-hybridized carbons (Fsp3) is 0.684. The van der Waals surface area contributed by atoms with Crippen molar-refractivity contribution >= 4 is 5.69 Å². The summed E-state index contributed by atoms with van der Waals surface area (Å²) >= 11 is 0. The maximum Gasteiger partial charge on any atom is 0.119 e. The van der Waals surface area contributed by atoms with Crippen molar-refractivity contribution in [3.63, 3.8) is 0 Å². The molecule has 1 aliphatic rings. The van der Waals surface area contributed by atoms with Gasteiger partial charge in [-0.05, 0) is 38.1 Å². The second-order valence-electron chi connectivity index (χ2n) is 6.78. The minimum Gasteiger partial charge on any atom is -0.497 e. The van der Waals surface area contributed by atoms with Crippen LogP contribution < -0.4 is 15.0 Å². The van der Waals surface area contributed by atoms with E-state index < -0.39 is 0 Å². The van der Waals surface area contributed by atoms with Crippen molar-refractivity contribution in [1.82, 2.24) is 10.2 Å². The molecule has 2 N–H and O–H groups in total. The molecule has 0 bridgehead atoms. The Morgan fingerprint density at radius 1 is 1.08 bits per heavy atom. The van der Waals surface area contributed by atoms with Gasteiger partial charge in [0.05, 0.1) is 19.3 Å². The Bertz CT molecular complexity index is 489. The molecule has 25 heavy (non-hydrogen) atoms. The van der Waals surface area contributed by atoms with Gasteiger partial charge in [0.2, 0.25) is 0 Å². The summed E-state index contributed by atoms with van der Waals surface area (Å²) in [5.74, 6) is 0.884. The van der Waals surface area contributed by atoms with E-state index in [1.54, 1.807) is 14.2 Å². The number of ether oxygens (including phenoxy) is 2. The van der Waals surface area contributed by atoms with Crippen molar-refractivity contribution in [1.29, 1.82) is 0 Å². The minimum atomic E-state index is -0.362. The number of piperazine rings is 1. The number of hydrogen-bond donors (Lipinski definition) is 2. The van der Waals surface area contributed by atoms with Crippen LogP contribution in [0.1, 0.15) is 13.8 Å². The Kier molecular flexibility index (Phi) is 7.96. The third-order valence-corrected chi connectivity index (χ3v) is 5.03. The lowest BCUT2D eigenvalue weighted by Gasteiger charge is -2.37. The van der Waals surface area contributed by atoms with Crippen LogP contribution in [0, 0.1) is 0 Å². The number of hydrogen-bond acceptors (Lipinski definition) is 6. The lowest BCUT2D eigenvalue weighted by molar-refractivity contribution is 0.0716. The molecule has 0 amide bonds. The normalized spacial score (nSPS) is 19.5. The molecule has 1 aromatic rings. The highest BCUT2D eigenvalue weighted by molar-refractivity contribution is 5.49. The predicted molar refractivity (Wildman–Crippen MR) is 102 cm³/mol. The minimum absolute atomic E-state index is 0.139. The van der Waals surface area contributed by atoms with E-state index >= 15 is 0 Å². The van der Waals surface area contributed by atoms with E-state index in [0.29, 0.717) is 13.1 Å². The van der Waals surface area contributed by atoms with Gasteiger partial charge in [0.25, 0.3) is 0 Å². The molecule has 0 saturated carbocycles. The SMILES string of the molecule is COc1ccc(N2CCN(CC(O)CN[C@H](C)[C@@H](C)OC)CC2)cc1. The van der Waals surface area contributed by atoms with E-state index in [9.17, 15) is 5.11 Å². The Hall–Kier alpha value is -1.34. The first-order chi connectivity index (χ1) is 12.0. The van der Waals surface area contributed by atoms with Gasteiger partial charge in [0, 0.05) is 58.1 Å². The summed E-state index contributed by atoms with van der Waals surface area (Å²) in [6, 6.07) is 8.43. The van der Waals surface area contributed by atoms with Gasteiger partial charge in [-0.3, -0.25) is 4.90 Å². The Morgan fingerprint density at radius 2 is 1.72 bits per heavy atom. The summed E-state index contributed by atoms with van der Waals surface area (Å²) in [5, 5.41) is 13.6. The molecular weight excluding hydrogens is 318 g/mol. The molecule has 0 aromatic heterocycles. The van der Waals surface area contributed by atoms with Gasteiger partial charge in [-0.25, -0.2) is 0 Å². The lowest BCUT2D eigenvalue weighted by atomic mass is 10.2. The zero-order chi connectivity index (χ0) is 18.2. The second kappa shape index (κ2) is 9.97. The Labute approximate surface area is 151 Å². The molecule has 1 aliphatic heterocycles. The van der Waals surface area contributed by atoms with Gasteiger partial charge in [-0.2, -0.15) is 0 Å². The average molecular weight is 351 g/mol. The van der Waals surface area contributed by atoms with Gasteiger partial charge in [0.1, 0.15) is 5.75 Å². The van der Waals surface area contributed by atoms with E-state index in [1.807, 2.05) is 19.1 Å². The Morgan fingerprint density at radius 3 is 2.28 bits per heavy atom. The van der Waals surface area contributed by atoms with Crippen molar-refractivity contribution in [3.8, 4) is 5.75 Å². The molecule has 0 spiro atoms. The maximum atomic E-state index is 10.3. The van der Waals surface area contributed by atoms with Gasteiger partial charge in [-0.15, -0.1) is 0 Å². The van der Waals surface area contributed by atoms with Crippen molar-refractivity contribution in [2.24, 2.45) is 0 Å². The highest BCUT2D eigenvalue weighted by Gasteiger charge is 2.20. The molecule has 1 heterocycles. The first kappa shape index (κ1) is 20.0. The molecule has 0 radical (unpaired) electrons. The quantitative estimate of drug-likeness (QED) is 0.697. The zero-order valence-corrected chi connectivity index (χ0v) is 15.9. The fourth-order valence-electron chi connectivity index (χ4n) is 3.04. The molecule has 6 heteroatoms. The van der Waals surface area contributed by atoms with Crippen LogP contribution in [0.15, 0.2) is 24.3 Å². The molecule has 0 aliphatic carbocycles. The number of aliphatic hydroxyl groups is 1. The fourth-order valence-corrected chi connectivity index (χ4v) is 3.04. The molecule has 6 nitrogen and oxygen atoms in total.